The molecule has 0 unspecified atom stereocenters. The molecule has 0 N–H and O–H groups in total. The van der Waals surface area contributed by atoms with Gasteiger partial charge in [0.2, 0.25) is 11.8 Å². The van der Waals surface area contributed by atoms with Crippen molar-refractivity contribution in [3.05, 3.63) is 11.5 Å². The highest BCUT2D eigenvalue weighted by molar-refractivity contribution is 7.92. The van der Waals surface area contributed by atoms with Crippen LogP contribution in [0.2, 0.25) is 0 Å². The highest BCUT2D eigenvalue weighted by atomic mass is 32.2. The minimum atomic E-state index is -3.56. The lowest BCUT2D eigenvalue weighted by Gasteiger charge is -2.44. The summed E-state index contributed by atoms with van der Waals surface area (Å²) in [6.07, 6.45) is -0.108. The first kappa shape index (κ1) is 18.4. The van der Waals surface area contributed by atoms with E-state index in [-0.39, 0.29) is 42.6 Å². The van der Waals surface area contributed by atoms with Gasteiger partial charge in [0, 0.05) is 17.9 Å². The van der Waals surface area contributed by atoms with Gasteiger partial charge in [0.25, 0.3) is 0 Å². The maximum atomic E-state index is 12.2. The minimum absolute atomic E-state index is 0.0184. The number of fused-ring (bicyclic) bond motifs is 1. The van der Waals surface area contributed by atoms with Crippen molar-refractivity contribution in [3.63, 3.8) is 0 Å². The minimum Gasteiger partial charge on any atom is -0.471 e. The first-order valence-electron chi connectivity index (χ1n) is 7.48. The molecular weight excluding hydrogens is 338 g/mol. The van der Waals surface area contributed by atoms with Crippen LogP contribution in [-0.2, 0) is 33.7 Å². The monoisotopic (exact) mass is 359 g/mol. The van der Waals surface area contributed by atoms with Crippen molar-refractivity contribution in [1.29, 1.82) is 0 Å². The molecule has 0 aromatic heterocycles. The number of rotatable bonds is 5. The quantitative estimate of drug-likeness (QED) is 0.516. The van der Waals surface area contributed by atoms with Crippen LogP contribution in [0.3, 0.4) is 0 Å². The van der Waals surface area contributed by atoms with Crippen LogP contribution in [0.1, 0.15) is 34.1 Å². The molecule has 1 atom stereocenters. The normalized spacial score (nSPS) is 22.6. The molecule has 1 saturated heterocycles. The van der Waals surface area contributed by atoms with E-state index >= 15 is 0 Å². The standard InChI is InChI=1S/C15H21NO7S/c1-9(17)22-6-10-8-24(20,21)13-5-12(19)16(13)14(10)23-7-11(18)15(2,3)4/h13H,5-8H2,1-4H3/t13-/m1/s1. The Hall–Kier alpha value is -1.90. The zero-order valence-electron chi connectivity index (χ0n) is 14.1. The molecule has 0 aliphatic carbocycles. The van der Waals surface area contributed by atoms with Gasteiger partial charge in [-0.15, -0.1) is 0 Å². The summed E-state index contributed by atoms with van der Waals surface area (Å²) in [5, 5.41) is -0.967. The van der Waals surface area contributed by atoms with E-state index < -0.39 is 32.5 Å². The van der Waals surface area contributed by atoms with E-state index in [2.05, 4.69) is 0 Å². The average Bonchev–Trinajstić information content (AvgIpc) is 2.42. The average molecular weight is 359 g/mol. The van der Waals surface area contributed by atoms with Gasteiger partial charge in [-0.05, 0) is 0 Å². The summed E-state index contributed by atoms with van der Waals surface area (Å²) in [5.41, 5.74) is -0.466. The van der Waals surface area contributed by atoms with Crippen LogP contribution in [0.5, 0.6) is 0 Å². The second-order valence-electron chi connectivity index (χ2n) is 6.88. The molecule has 9 heteroatoms. The third kappa shape index (κ3) is 3.61. The van der Waals surface area contributed by atoms with Gasteiger partial charge in [0.1, 0.15) is 13.2 Å². The third-order valence-corrected chi connectivity index (χ3v) is 5.80. The van der Waals surface area contributed by atoms with E-state index in [1.165, 1.54) is 6.92 Å². The number of esters is 1. The van der Waals surface area contributed by atoms with Crippen LogP contribution in [0, 0.1) is 5.41 Å². The van der Waals surface area contributed by atoms with Gasteiger partial charge >= 0.3 is 5.97 Å². The number of carbonyl (C=O) groups is 3. The Morgan fingerprint density at radius 1 is 1.29 bits per heavy atom. The van der Waals surface area contributed by atoms with Gasteiger partial charge in [-0.25, -0.2) is 8.42 Å². The van der Waals surface area contributed by atoms with Crippen LogP contribution in [0.15, 0.2) is 11.5 Å². The maximum Gasteiger partial charge on any atom is 0.302 e. The predicted molar refractivity (Wildman–Crippen MR) is 83.1 cm³/mol. The maximum absolute atomic E-state index is 12.2. The van der Waals surface area contributed by atoms with Crippen molar-refractivity contribution in [2.24, 2.45) is 5.41 Å². The van der Waals surface area contributed by atoms with Crippen LogP contribution in [-0.4, -0.2) is 55.3 Å². The fraction of sp³-hybridized carbons (Fsp3) is 0.667. The molecule has 0 aromatic rings. The van der Waals surface area contributed by atoms with Crippen molar-refractivity contribution < 1.29 is 32.3 Å². The molecule has 2 heterocycles. The number of carbonyl (C=O) groups excluding carboxylic acids is 3. The van der Waals surface area contributed by atoms with Crippen LogP contribution in [0.4, 0.5) is 0 Å². The Morgan fingerprint density at radius 2 is 1.92 bits per heavy atom. The van der Waals surface area contributed by atoms with Crippen molar-refractivity contribution in [1.82, 2.24) is 4.90 Å². The molecule has 2 aliphatic rings. The molecule has 1 amide bonds. The second kappa shape index (κ2) is 6.19. The van der Waals surface area contributed by atoms with Crippen molar-refractivity contribution in [2.45, 2.75) is 39.5 Å². The first-order valence-corrected chi connectivity index (χ1v) is 9.20. The van der Waals surface area contributed by atoms with Gasteiger partial charge in [-0.3, -0.25) is 19.3 Å². The number of β-lactam (4-membered cyclic amide) rings is 1. The fourth-order valence-corrected chi connectivity index (χ4v) is 4.12. The van der Waals surface area contributed by atoms with Crippen LogP contribution >= 0.6 is 0 Å². The molecule has 0 saturated carbocycles. The van der Waals surface area contributed by atoms with Crippen LogP contribution < -0.4 is 0 Å². The fourth-order valence-electron chi connectivity index (χ4n) is 2.30. The van der Waals surface area contributed by atoms with E-state index in [0.717, 1.165) is 4.90 Å². The van der Waals surface area contributed by atoms with Crippen molar-refractivity contribution in [3.8, 4) is 0 Å². The highest BCUT2D eigenvalue weighted by Gasteiger charge is 2.52. The lowest BCUT2D eigenvalue weighted by atomic mass is 9.91. The smallest absolute Gasteiger partial charge is 0.302 e. The van der Waals surface area contributed by atoms with E-state index in [1.807, 2.05) is 0 Å². The van der Waals surface area contributed by atoms with Gasteiger partial charge in [0.15, 0.2) is 21.0 Å². The first-order chi connectivity index (χ1) is 10.9. The molecule has 1 fully saturated rings. The molecule has 0 bridgehead atoms. The number of hydrogen-bond donors (Lipinski definition) is 0. The summed E-state index contributed by atoms with van der Waals surface area (Å²) in [7, 11) is -3.56. The van der Waals surface area contributed by atoms with Crippen molar-refractivity contribution >= 4 is 27.5 Å². The van der Waals surface area contributed by atoms with E-state index in [1.54, 1.807) is 20.8 Å². The van der Waals surface area contributed by atoms with E-state index in [4.69, 9.17) is 9.47 Å². The van der Waals surface area contributed by atoms with Gasteiger partial charge in [-0.2, -0.15) is 0 Å². The van der Waals surface area contributed by atoms with E-state index in [0.29, 0.717) is 0 Å². The number of sulfone groups is 1. The number of amides is 1. The van der Waals surface area contributed by atoms with Gasteiger partial charge in [-0.1, -0.05) is 20.8 Å². The van der Waals surface area contributed by atoms with Crippen LogP contribution in [0.25, 0.3) is 0 Å². The Bertz CT molecular complexity index is 715. The SMILES string of the molecule is CC(=O)OCC1=C(OCC(=O)C(C)(C)C)N2C(=O)C[C@H]2S(=O)(=O)C1. The molecule has 0 aromatic carbocycles. The Labute approximate surface area is 140 Å². The number of hydrogen-bond acceptors (Lipinski definition) is 7. The predicted octanol–water partition coefficient (Wildman–Crippen LogP) is 0.380. The zero-order valence-corrected chi connectivity index (χ0v) is 14.9. The molecule has 24 heavy (non-hydrogen) atoms. The highest BCUT2D eigenvalue weighted by Crippen LogP contribution is 2.36. The lowest BCUT2D eigenvalue weighted by molar-refractivity contribution is -0.146. The second-order valence-corrected chi connectivity index (χ2v) is 9.04. The molecule has 0 spiro atoms. The molecule has 134 valence electrons. The van der Waals surface area contributed by atoms with E-state index in [9.17, 15) is 22.8 Å². The summed E-state index contributed by atoms with van der Waals surface area (Å²) in [5.74, 6) is -1.53. The zero-order chi connectivity index (χ0) is 18.3. The topological polar surface area (TPSA) is 107 Å². The van der Waals surface area contributed by atoms with Crippen molar-refractivity contribution in [2.75, 3.05) is 19.0 Å². The Balaban J connectivity index is 2.29. The summed E-state index contributed by atoms with van der Waals surface area (Å²) in [6.45, 7) is 5.80. The number of ether oxygens (including phenoxy) is 2. The number of nitrogens with zero attached hydrogens (tertiary/aromatic N) is 1. The largest absolute Gasteiger partial charge is 0.471 e. The molecule has 2 aliphatic heterocycles. The summed E-state index contributed by atoms with van der Waals surface area (Å²) in [4.78, 5) is 35.9. The Kier molecular flexibility index (Phi) is 4.76. The molecule has 0 radical (unpaired) electrons. The molecular formula is C15H21NO7S. The summed E-state index contributed by atoms with van der Waals surface area (Å²) < 4.78 is 34.7. The van der Waals surface area contributed by atoms with Gasteiger partial charge in [0.05, 0.1) is 12.2 Å². The molecule has 2 rings (SSSR count). The third-order valence-electron chi connectivity index (χ3n) is 3.84. The summed E-state index contributed by atoms with van der Waals surface area (Å²) in [6, 6.07) is 0. The lowest BCUT2D eigenvalue weighted by Crippen LogP contribution is -2.59. The summed E-state index contributed by atoms with van der Waals surface area (Å²) >= 11 is 0. The van der Waals surface area contributed by atoms with Gasteiger partial charge < -0.3 is 9.47 Å². The Morgan fingerprint density at radius 3 is 2.42 bits per heavy atom. The molecule has 8 nitrogen and oxygen atoms in total. The number of ketones is 1. The number of Topliss-reactive ketones (excluding diaryl/α,β-unsaturated/α-hetero) is 1.